The molecule has 2 atom stereocenters. The van der Waals surface area contributed by atoms with Crippen molar-refractivity contribution >= 4 is 23.5 Å². The van der Waals surface area contributed by atoms with Crippen LogP contribution < -0.4 is 10.6 Å². The lowest BCUT2D eigenvalue weighted by Gasteiger charge is -2.22. The molecule has 1 aliphatic heterocycles. The summed E-state index contributed by atoms with van der Waals surface area (Å²) < 4.78 is 0. The largest absolute Gasteiger partial charge is 0.354 e. The van der Waals surface area contributed by atoms with Gasteiger partial charge in [0.15, 0.2) is 0 Å². The summed E-state index contributed by atoms with van der Waals surface area (Å²) in [5.41, 5.74) is -0.0578. The molecule has 2 N–H and O–H groups in total. The minimum atomic E-state index is -1.40. The summed E-state index contributed by atoms with van der Waals surface area (Å²) >= 11 is 0. The quantitative estimate of drug-likeness (QED) is 0.412. The van der Waals surface area contributed by atoms with Crippen LogP contribution in [0.15, 0.2) is 54.6 Å². The number of urea groups is 1. The summed E-state index contributed by atoms with van der Waals surface area (Å²) in [6.07, 6.45) is 0. The van der Waals surface area contributed by atoms with Gasteiger partial charge in [-0.05, 0) is 36.1 Å². The van der Waals surface area contributed by atoms with Crippen molar-refractivity contribution in [2.24, 2.45) is 0 Å². The zero-order chi connectivity index (χ0) is 21.9. The molecule has 2 aromatic rings. The van der Waals surface area contributed by atoms with Crippen LogP contribution in [0.5, 0.6) is 0 Å². The Morgan fingerprint density at radius 1 is 1.17 bits per heavy atom. The first-order valence-electron chi connectivity index (χ1n) is 9.43. The Balaban J connectivity index is 1.64. The van der Waals surface area contributed by atoms with Crippen LogP contribution in [0.2, 0.25) is 0 Å². The molecule has 2 aromatic carbocycles. The SMILES string of the molecule is CC(CNC(=O)CN1C(=O)NC(C)(c2ccc([N+](=O)[O-])cc2)C1=O)c1ccccc1. The summed E-state index contributed by atoms with van der Waals surface area (Å²) in [7, 11) is 0. The summed E-state index contributed by atoms with van der Waals surface area (Å²) in [4.78, 5) is 48.7. The second-order valence-corrected chi connectivity index (χ2v) is 7.37. The number of carbonyl (C=O) groups is 3. The number of hydrogen-bond acceptors (Lipinski definition) is 5. The van der Waals surface area contributed by atoms with E-state index in [9.17, 15) is 24.5 Å². The van der Waals surface area contributed by atoms with Gasteiger partial charge in [-0.15, -0.1) is 0 Å². The molecule has 0 radical (unpaired) electrons. The van der Waals surface area contributed by atoms with Crippen molar-refractivity contribution in [3.63, 3.8) is 0 Å². The maximum Gasteiger partial charge on any atom is 0.325 e. The highest BCUT2D eigenvalue weighted by molar-refractivity contribution is 6.09. The monoisotopic (exact) mass is 410 g/mol. The van der Waals surface area contributed by atoms with E-state index in [0.29, 0.717) is 12.1 Å². The molecule has 1 fully saturated rings. The van der Waals surface area contributed by atoms with Crippen LogP contribution in [0.4, 0.5) is 10.5 Å². The second kappa shape index (κ2) is 8.32. The van der Waals surface area contributed by atoms with Crippen molar-refractivity contribution in [2.75, 3.05) is 13.1 Å². The number of rotatable bonds is 7. The predicted octanol–water partition coefficient (Wildman–Crippen LogP) is 2.28. The zero-order valence-corrected chi connectivity index (χ0v) is 16.6. The Hall–Kier alpha value is -3.75. The maximum atomic E-state index is 12.9. The van der Waals surface area contributed by atoms with E-state index in [4.69, 9.17) is 0 Å². The third-order valence-corrected chi connectivity index (χ3v) is 5.21. The van der Waals surface area contributed by atoms with E-state index in [1.54, 1.807) is 0 Å². The summed E-state index contributed by atoms with van der Waals surface area (Å²) in [6, 6.07) is 14.3. The molecule has 1 saturated heterocycles. The minimum absolute atomic E-state index is 0.0728. The number of hydrogen-bond donors (Lipinski definition) is 2. The van der Waals surface area contributed by atoms with Gasteiger partial charge >= 0.3 is 6.03 Å². The van der Waals surface area contributed by atoms with Gasteiger partial charge in [0.25, 0.3) is 11.6 Å². The van der Waals surface area contributed by atoms with Crippen molar-refractivity contribution in [3.8, 4) is 0 Å². The molecule has 1 aliphatic rings. The fraction of sp³-hybridized carbons (Fsp3) is 0.286. The minimum Gasteiger partial charge on any atom is -0.354 e. The van der Waals surface area contributed by atoms with E-state index >= 15 is 0 Å². The zero-order valence-electron chi connectivity index (χ0n) is 16.6. The molecular formula is C21H22N4O5. The highest BCUT2D eigenvalue weighted by Gasteiger charge is 2.49. The topological polar surface area (TPSA) is 122 Å². The Bertz CT molecular complexity index is 977. The highest BCUT2D eigenvalue weighted by atomic mass is 16.6. The van der Waals surface area contributed by atoms with Crippen LogP contribution in [-0.2, 0) is 15.1 Å². The second-order valence-electron chi connectivity index (χ2n) is 7.37. The molecule has 2 unspecified atom stereocenters. The molecule has 3 rings (SSSR count). The molecule has 0 spiro atoms. The van der Waals surface area contributed by atoms with Gasteiger partial charge in [-0.25, -0.2) is 4.79 Å². The van der Waals surface area contributed by atoms with Crippen molar-refractivity contribution in [3.05, 3.63) is 75.8 Å². The Kier molecular flexibility index (Phi) is 5.81. The summed E-state index contributed by atoms with van der Waals surface area (Å²) in [5.74, 6) is -0.967. The van der Waals surface area contributed by atoms with E-state index in [-0.39, 0.29) is 11.6 Å². The Morgan fingerprint density at radius 3 is 2.40 bits per heavy atom. The van der Waals surface area contributed by atoms with Crippen molar-refractivity contribution < 1.29 is 19.3 Å². The number of carbonyl (C=O) groups excluding carboxylic acids is 3. The van der Waals surface area contributed by atoms with Gasteiger partial charge in [0, 0.05) is 18.7 Å². The lowest BCUT2D eigenvalue weighted by atomic mass is 9.92. The van der Waals surface area contributed by atoms with Crippen LogP contribution in [-0.4, -0.2) is 40.8 Å². The van der Waals surface area contributed by atoms with Gasteiger partial charge in [-0.1, -0.05) is 37.3 Å². The number of benzene rings is 2. The number of nitro benzene ring substituents is 1. The van der Waals surface area contributed by atoms with Gasteiger partial charge in [-0.3, -0.25) is 24.6 Å². The van der Waals surface area contributed by atoms with Crippen LogP contribution in [0.25, 0.3) is 0 Å². The third kappa shape index (κ3) is 4.14. The maximum absolute atomic E-state index is 12.9. The number of nitrogens with zero attached hydrogens (tertiary/aromatic N) is 2. The molecule has 0 aliphatic carbocycles. The number of amides is 4. The van der Waals surface area contributed by atoms with E-state index in [1.165, 1.54) is 31.2 Å². The molecule has 156 valence electrons. The third-order valence-electron chi connectivity index (χ3n) is 5.21. The molecule has 4 amide bonds. The Morgan fingerprint density at radius 2 is 1.80 bits per heavy atom. The summed E-state index contributed by atoms with van der Waals surface area (Å²) in [5, 5.41) is 16.1. The first kappa shape index (κ1) is 21.0. The van der Waals surface area contributed by atoms with Gasteiger partial charge in [0.05, 0.1) is 4.92 Å². The average molecular weight is 410 g/mol. The normalized spacial score (nSPS) is 19.3. The van der Waals surface area contributed by atoms with Gasteiger partial charge in [0.2, 0.25) is 5.91 Å². The fourth-order valence-corrected chi connectivity index (χ4v) is 3.32. The molecule has 9 heteroatoms. The number of nitrogens with one attached hydrogen (secondary N) is 2. The average Bonchev–Trinajstić information content (AvgIpc) is 2.96. The molecule has 0 aromatic heterocycles. The molecule has 30 heavy (non-hydrogen) atoms. The smallest absolute Gasteiger partial charge is 0.325 e. The molecule has 0 bridgehead atoms. The molecule has 0 saturated carbocycles. The molecular weight excluding hydrogens is 388 g/mol. The predicted molar refractivity (Wildman–Crippen MR) is 109 cm³/mol. The van der Waals surface area contributed by atoms with Crippen LogP contribution in [0.1, 0.15) is 30.9 Å². The summed E-state index contributed by atoms with van der Waals surface area (Å²) in [6.45, 7) is 3.43. The lowest BCUT2D eigenvalue weighted by molar-refractivity contribution is -0.384. The van der Waals surface area contributed by atoms with Gasteiger partial charge < -0.3 is 10.6 Å². The van der Waals surface area contributed by atoms with Crippen molar-refractivity contribution in [1.82, 2.24) is 15.5 Å². The van der Waals surface area contributed by atoms with E-state index in [2.05, 4.69) is 10.6 Å². The number of imide groups is 1. The number of non-ortho nitro benzene ring substituents is 1. The standard InChI is InChI=1S/C21H22N4O5/c1-14(15-6-4-3-5-7-15)12-22-18(26)13-24-19(27)21(2,23-20(24)28)16-8-10-17(11-9-16)25(29)30/h3-11,14H,12-13H2,1-2H3,(H,22,26)(H,23,28). The van der Waals surface area contributed by atoms with Crippen LogP contribution in [0.3, 0.4) is 0 Å². The Labute approximate surface area is 173 Å². The van der Waals surface area contributed by atoms with E-state index < -0.39 is 34.9 Å². The van der Waals surface area contributed by atoms with E-state index in [0.717, 1.165) is 10.5 Å². The highest BCUT2D eigenvalue weighted by Crippen LogP contribution is 2.29. The fourth-order valence-electron chi connectivity index (χ4n) is 3.32. The number of nitro groups is 1. The van der Waals surface area contributed by atoms with Gasteiger partial charge in [0.1, 0.15) is 12.1 Å². The first-order valence-corrected chi connectivity index (χ1v) is 9.43. The first-order chi connectivity index (χ1) is 14.2. The van der Waals surface area contributed by atoms with Crippen molar-refractivity contribution in [2.45, 2.75) is 25.3 Å². The van der Waals surface area contributed by atoms with E-state index in [1.807, 2.05) is 37.3 Å². The van der Waals surface area contributed by atoms with Crippen LogP contribution >= 0.6 is 0 Å². The molecule has 1 heterocycles. The molecule has 9 nitrogen and oxygen atoms in total. The van der Waals surface area contributed by atoms with Gasteiger partial charge in [-0.2, -0.15) is 0 Å². The van der Waals surface area contributed by atoms with Crippen LogP contribution in [0, 0.1) is 10.1 Å². The van der Waals surface area contributed by atoms with Crippen molar-refractivity contribution in [1.29, 1.82) is 0 Å². The lowest BCUT2D eigenvalue weighted by Crippen LogP contribution is -2.43.